The number of Topliss-reactive ketones (excluding diaryl/α,β-unsaturated/α-hetero) is 1. The summed E-state index contributed by atoms with van der Waals surface area (Å²) in [6.45, 7) is 4.28. The van der Waals surface area contributed by atoms with Crippen LogP contribution >= 0.6 is 0 Å². The molecule has 1 saturated carbocycles. The highest BCUT2D eigenvalue weighted by atomic mass is 16.1. The third-order valence-electron chi connectivity index (χ3n) is 5.32. The zero-order valence-electron chi connectivity index (χ0n) is 15.2. The van der Waals surface area contributed by atoms with Gasteiger partial charge in [0.2, 0.25) is 5.95 Å². The van der Waals surface area contributed by atoms with Gasteiger partial charge in [-0.2, -0.15) is 4.98 Å². The summed E-state index contributed by atoms with van der Waals surface area (Å²) in [6.07, 6.45) is 8.33. The SMILES string of the molecule is CC(=O)C1=C(C)c2cnc(Nc3ccccn3)nc2N(C2CCCC2)C1. The van der Waals surface area contributed by atoms with Crippen LogP contribution in [0.15, 0.2) is 36.2 Å². The Labute approximate surface area is 153 Å². The third-order valence-corrected chi connectivity index (χ3v) is 5.32. The zero-order valence-corrected chi connectivity index (χ0v) is 15.2. The molecule has 1 aliphatic heterocycles. The molecule has 6 nitrogen and oxygen atoms in total. The van der Waals surface area contributed by atoms with Crippen LogP contribution in [0.1, 0.15) is 45.1 Å². The van der Waals surface area contributed by atoms with E-state index in [1.54, 1.807) is 13.1 Å². The van der Waals surface area contributed by atoms with Crippen molar-refractivity contribution in [3.63, 3.8) is 0 Å². The van der Waals surface area contributed by atoms with Crippen molar-refractivity contribution in [1.82, 2.24) is 15.0 Å². The maximum atomic E-state index is 12.1. The minimum atomic E-state index is 0.131. The fourth-order valence-electron chi connectivity index (χ4n) is 3.89. The number of ketones is 1. The fourth-order valence-corrected chi connectivity index (χ4v) is 3.89. The summed E-state index contributed by atoms with van der Waals surface area (Å²) in [5.74, 6) is 2.30. The van der Waals surface area contributed by atoms with Gasteiger partial charge in [0, 0.05) is 36.1 Å². The van der Waals surface area contributed by atoms with Crippen molar-refractivity contribution in [2.75, 3.05) is 16.8 Å². The number of nitrogens with zero attached hydrogens (tertiary/aromatic N) is 4. The van der Waals surface area contributed by atoms with Gasteiger partial charge >= 0.3 is 0 Å². The topological polar surface area (TPSA) is 71.0 Å². The van der Waals surface area contributed by atoms with Gasteiger partial charge in [0.05, 0.1) is 0 Å². The molecule has 0 radical (unpaired) electrons. The van der Waals surface area contributed by atoms with E-state index in [1.807, 2.05) is 31.3 Å². The number of anilines is 3. The molecule has 0 atom stereocenters. The molecule has 2 aromatic heterocycles. The standard InChI is InChI=1S/C20H23N5O/c1-13-16-11-22-20(23-18-9-5-6-10-21-18)24-19(16)25(12-17(13)14(2)26)15-7-3-4-8-15/h5-6,9-11,15H,3-4,7-8,12H2,1-2H3,(H,21,22,23,24). The first-order valence-corrected chi connectivity index (χ1v) is 9.16. The summed E-state index contributed by atoms with van der Waals surface area (Å²) < 4.78 is 0. The number of fused-ring (bicyclic) bond motifs is 1. The van der Waals surface area contributed by atoms with Crippen molar-refractivity contribution in [2.24, 2.45) is 0 Å². The van der Waals surface area contributed by atoms with Crippen LogP contribution in [0.3, 0.4) is 0 Å². The van der Waals surface area contributed by atoms with Gasteiger partial charge in [0.15, 0.2) is 5.78 Å². The highest BCUT2D eigenvalue weighted by Gasteiger charge is 2.32. The molecule has 1 fully saturated rings. The summed E-state index contributed by atoms with van der Waals surface area (Å²) in [4.78, 5) is 28.0. The number of pyridine rings is 1. The van der Waals surface area contributed by atoms with Gasteiger partial charge in [-0.15, -0.1) is 0 Å². The Balaban J connectivity index is 1.74. The molecule has 1 N–H and O–H groups in total. The molecule has 0 spiro atoms. The van der Waals surface area contributed by atoms with E-state index in [0.29, 0.717) is 24.4 Å². The molecular formula is C20H23N5O. The van der Waals surface area contributed by atoms with E-state index >= 15 is 0 Å². The molecule has 2 aliphatic rings. The van der Waals surface area contributed by atoms with Crippen LogP contribution in [0.5, 0.6) is 0 Å². The quantitative estimate of drug-likeness (QED) is 0.907. The first-order chi connectivity index (χ1) is 12.6. The lowest BCUT2D eigenvalue weighted by Crippen LogP contribution is -2.39. The molecule has 0 bridgehead atoms. The number of aromatic nitrogens is 3. The van der Waals surface area contributed by atoms with E-state index in [4.69, 9.17) is 4.98 Å². The van der Waals surface area contributed by atoms with Crippen LogP contribution in [-0.4, -0.2) is 33.3 Å². The first-order valence-electron chi connectivity index (χ1n) is 9.16. The van der Waals surface area contributed by atoms with Crippen LogP contribution in [0.25, 0.3) is 5.57 Å². The molecule has 0 aromatic carbocycles. The highest BCUT2D eigenvalue weighted by molar-refractivity contribution is 6.04. The Morgan fingerprint density at radius 1 is 1.23 bits per heavy atom. The summed E-state index contributed by atoms with van der Waals surface area (Å²) in [7, 11) is 0. The second kappa shape index (κ2) is 6.86. The maximum absolute atomic E-state index is 12.1. The van der Waals surface area contributed by atoms with E-state index in [0.717, 1.165) is 35.4 Å². The van der Waals surface area contributed by atoms with Crippen molar-refractivity contribution >= 4 is 28.9 Å². The number of carbonyl (C=O) groups is 1. The number of hydrogen-bond donors (Lipinski definition) is 1. The Kier molecular flexibility index (Phi) is 4.41. The van der Waals surface area contributed by atoms with Crippen molar-refractivity contribution in [3.8, 4) is 0 Å². The lowest BCUT2D eigenvalue weighted by Gasteiger charge is -2.36. The van der Waals surface area contributed by atoms with Gasteiger partial charge in [-0.1, -0.05) is 18.9 Å². The molecule has 4 rings (SSSR count). The predicted octanol–water partition coefficient (Wildman–Crippen LogP) is 3.74. The number of carbonyl (C=O) groups excluding carboxylic acids is 1. The molecule has 134 valence electrons. The normalized spacial score (nSPS) is 17.4. The predicted molar refractivity (Wildman–Crippen MR) is 102 cm³/mol. The van der Waals surface area contributed by atoms with Crippen LogP contribution in [0.2, 0.25) is 0 Å². The average molecular weight is 349 g/mol. The molecule has 2 aromatic rings. The fraction of sp³-hybridized carbons (Fsp3) is 0.400. The lowest BCUT2D eigenvalue weighted by molar-refractivity contribution is -0.113. The van der Waals surface area contributed by atoms with Gasteiger partial charge < -0.3 is 10.2 Å². The Hall–Kier alpha value is -2.76. The van der Waals surface area contributed by atoms with Gasteiger partial charge in [0.25, 0.3) is 0 Å². The zero-order chi connectivity index (χ0) is 18.1. The number of hydrogen-bond acceptors (Lipinski definition) is 6. The van der Waals surface area contributed by atoms with Crippen molar-refractivity contribution < 1.29 is 4.79 Å². The molecule has 0 saturated heterocycles. The van der Waals surface area contributed by atoms with Crippen LogP contribution in [-0.2, 0) is 4.79 Å². The van der Waals surface area contributed by atoms with Gasteiger partial charge in [-0.25, -0.2) is 9.97 Å². The minimum absolute atomic E-state index is 0.131. The largest absolute Gasteiger partial charge is 0.348 e. The summed E-state index contributed by atoms with van der Waals surface area (Å²) in [6, 6.07) is 6.12. The molecule has 6 heteroatoms. The van der Waals surface area contributed by atoms with E-state index in [-0.39, 0.29) is 5.78 Å². The lowest BCUT2D eigenvalue weighted by atomic mass is 9.94. The van der Waals surface area contributed by atoms with E-state index in [9.17, 15) is 4.79 Å². The smallest absolute Gasteiger partial charge is 0.230 e. The molecule has 26 heavy (non-hydrogen) atoms. The number of nitrogens with one attached hydrogen (secondary N) is 1. The first kappa shape index (κ1) is 16.7. The van der Waals surface area contributed by atoms with Crippen molar-refractivity contribution in [3.05, 3.63) is 41.7 Å². The summed E-state index contributed by atoms with van der Waals surface area (Å²) in [5.41, 5.74) is 2.82. The van der Waals surface area contributed by atoms with E-state index in [2.05, 4.69) is 20.2 Å². The molecule has 1 aliphatic carbocycles. The highest BCUT2D eigenvalue weighted by Crippen LogP contribution is 2.38. The Morgan fingerprint density at radius 3 is 2.73 bits per heavy atom. The van der Waals surface area contributed by atoms with Crippen molar-refractivity contribution in [1.29, 1.82) is 0 Å². The summed E-state index contributed by atoms with van der Waals surface area (Å²) in [5, 5.41) is 3.17. The maximum Gasteiger partial charge on any atom is 0.230 e. The van der Waals surface area contributed by atoms with E-state index in [1.165, 1.54) is 12.8 Å². The summed E-state index contributed by atoms with van der Waals surface area (Å²) >= 11 is 0. The van der Waals surface area contributed by atoms with Gasteiger partial charge in [-0.05, 0) is 44.4 Å². The molecule has 3 heterocycles. The number of allylic oxidation sites excluding steroid dienone is 1. The number of rotatable bonds is 4. The average Bonchev–Trinajstić information content (AvgIpc) is 3.17. The second-order valence-electron chi connectivity index (χ2n) is 7.00. The second-order valence-corrected chi connectivity index (χ2v) is 7.00. The van der Waals surface area contributed by atoms with Crippen molar-refractivity contribution in [2.45, 2.75) is 45.6 Å². The molecular weight excluding hydrogens is 326 g/mol. The molecule has 0 unspecified atom stereocenters. The Morgan fingerprint density at radius 2 is 2.04 bits per heavy atom. The Bertz CT molecular complexity index is 856. The van der Waals surface area contributed by atoms with Gasteiger partial charge in [-0.3, -0.25) is 4.79 Å². The van der Waals surface area contributed by atoms with Crippen LogP contribution in [0, 0.1) is 0 Å². The third kappa shape index (κ3) is 3.07. The van der Waals surface area contributed by atoms with E-state index < -0.39 is 0 Å². The monoisotopic (exact) mass is 349 g/mol. The minimum Gasteiger partial charge on any atom is -0.348 e. The van der Waals surface area contributed by atoms with Gasteiger partial charge in [0.1, 0.15) is 11.6 Å². The van der Waals surface area contributed by atoms with Crippen LogP contribution < -0.4 is 10.2 Å². The van der Waals surface area contributed by atoms with Crippen LogP contribution in [0.4, 0.5) is 17.6 Å². The molecule has 0 amide bonds.